The van der Waals surface area contributed by atoms with Crippen LogP contribution in [-0.2, 0) is 13.2 Å². The molecular formula is C20H15ClF5N5O2. The second-order valence-corrected chi connectivity index (χ2v) is 7.99. The number of hydrogen-bond donors (Lipinski definition) is 1. The van der Waals surface area contributed by atoms with Gasteiger partial charge in [0.2, 0.25) is 0 Å². The van der Waals surface area contributed by atoms with E-state index in [1.165, 1.54) is 32.2 Å². The number of rotatable bonds is 5. The molecule has 174 valence electrons. The Bertz CT molecular complexity index is 1280. The number of nitrogens with one attached hydrogen (secondary N) is 1. The molecule has 1 N–H and O–H groups in total. The van der Waals surface area contributed by atoms with Crippen molar-refractivity contribution in [3.05, 3.63) is 52.7 Å². The molecule has 1 saturated carbocycles. The SMILES string of the molecule is CC(=O)c1ccc(NC(=O)c2ncc(-c3cn(C4CC4(F)F)nc3C(F)(F)F)n2C)cc1Cl. The maximum Gasteiger partial charge on any atom is 0.435 e. The lowest BCUT2D eigenvalue weighted by atomic mass is 10.1. The first-order valence-electron chi connectivity index (χ1n) is 9.47. The maximum atomic E-state index is 13.5. The van der Waals surface area contributed by atoms with Crippen LogP contribution in [-0.4, -0.2) is 36.9 Å². The maximum absolute atomic E-state index is 13.5. The third-order valence-electron chi connectivity index (χ3n) is 5.19. The molecule has 0 saturated heterocycles. The third-order valence-corrected chi connectivity index (χ3v) is 5.50. The molecule has 33 heavy (non-hydrogen) atoms. The minimum atomic E-state index is -4.91. The number of aromatic nitrogens is 4. The molecule has 13 heteroatoms. The van der Waals surface area contributed by atoms with Gasteiger partial charge in [-0.2, -0.15) is 18.3 Å². The van der Waals surface area contributed by atoms with Crippen molar-refractivity contribution in [2.75, 3.05) is 5.32 Å². The van der Waals surface area contributed by atoms with E-state index in [4.69, 9.17) is 11.6 Å². The van der Waals surface area contributed by atoms with E-state index in [1.807, 2.05) is 0 Å². The van der Waals surface area contributed by atoms with Crippen LogP contribution in [0.3, 0.4) is 0 Å². The molecule has 1 amide bonds. The fraction of sp³-hybridized carbons (Fsp3) is 0.300. The van der Waals surface area contributed by atoms with E-state index >= 15 is 0 Å². The molecule has 0 radical (unpaired) electrons. The smallest absolute Gasteiger partial charge is 0.323 e. The normalized spacial score (nSPS) is 17.2. The summed E-state index contributed by atoms with van der Waals surface area (Å²) in [5.41, 5.74) is -1.47. The Balaban J connectivity index is 1.65. The Labute approximate surface area is 188 Å². The van der Waals surface area contributed by atoms with Gasteiger partial charge in [-0.25, -0.2) is 13.8 Å². The molecule has 1 unspecified atom stereocenters. The zero-order chi connectivity index (χ0) is 24.3. The predicted molar refractivity (Wildman–Crippen MR) is 107 cm³/mol. The van der Waals surface area contributed by atoms with Crippen LogP contribution in [0.1, 0.15) is 46.1 Å². The van der Waals surface area contributed by atoms with Gasteiger partial charge in [0, 0.05) is 30.9 Å². The highest BCUT2D eigenvalue weighted by Gasteiger charge is 2.59. The van der Waals surface area contributed by atoms with Crippen LogP contribution in [0.4, 0.5) is 27.6 Å². The van der Waals surface area contributed by atoms with Crippen LogP contribution >= 0.6 is 11.6 Å². The quantitative estimate of drug-likeness (QED) is 0.406. The van der Waals surface area contributed by atoms with E-state index < -0.39 is 41.7 Å². The molecule has 1 fully saturated rings. The van der Waals surface area contributed by atoms with Crippen LogP contribution in [0, 0.1) is 0 Å². The number of benzene rings is 1. The summed E-state index contributed by atoms with van der Waals surface area (Å²) in [6.45, 7) is 1.33. The van der Waals surface area contributed by atoms with Gasteiger partial charge in [0.05, 0.1) is 22.5 Å². The van der Waals surface area contributed by atoms with Crippen molar-refractivity contribution < 1.29 is 31.5 Å². The number of carbonyl (C=O) groups excluding carboxylic acids is 2. The zero-order valence-corrected chi connectivity index (χ0v) is 17.8. The molecule has 2 aromatic heterocycles. The molecule has 1 atom stereocenters. The first-order valence-corrected chi connectivity index (χ1v) is 9.85. The number of anilines is 1. The third kappa shape index (κ3) is 4.22. The van der Waals surface area contributed by atoms with Crippen molar-refractivity contribution in [3.63, 3.8) is 0 Å². The van der Waals surface area contributed by atoms with Gasteiger partial charge in [0.1, 0.15) is 6.04 Å². The molecule has 0 aliphatic heterocycles. The highest BCUT2D eigenvalue weighted by Crippen LogP contribution is 2.53. The summed E-state index contributed by atoms with van der Waals surface area (Å²) in [7, 11) is 1.31. The fourth-order valence-corrected chi connectivity index (χ4v) is 3.68. The summed E-state index contributed by atoms with van der Waals surface area (Å²) in [6, 6.07) is 2.75. The van der Waals surface area contributed by atoms with Gasteiger partial charge in [-0.1, -0.05) is 11.6 Å². The lowest BCUT2D eigenvalue weighted by Crippen LogP contribution is -2.17. The number of alkyl halides is 5. The molecule has 7 nitrogen and oxygen atoms in total. The van der Waals surface area contributed by atoms with E-state index in [9.17, 15) is 31.5 Å². The number of Topliss-reactive ketones (excluding diaryl/α,β-unsaturated/α-hetero) is 1. The molecule has 2 heterocycles. The number of nitrogens with zero attached hydrogens (tertiary/aromatic N) is 4. The highest BCUT2D eigenvalue weighted by molar-refractivity contribution is 6.34. The summed E-state index contributed by atoms with van der Waals surface area (Å²) in [5, 5.41) is 5.95. The standard InChI is InChI=1S/C20H15ClF5N5O2/c1-9(32)11-4-3-10(5-13(11)21)28-18(33)17-27-7-14(30(17)2)12-8-31(15-6-19(15,22)23)29-16(12)20(24,25)26/h3-5,7-8,15H,6H2,1-2H3,(H,28,33). The molecule has 0 spiro atoms. The van der Waals surface area contributed by atoms with E-state index in [0.717, 1.165) is 17.0 Å². The van der Waals surface area contributed by atoms with Crippen molar-refractivity contribution in [2.24, 2.45) is 7.05 Å². The minimum Gasteiger partial charge on any atom is -0.323 e. The van der Waals surface area contributed by atoms with Crippen molar-refractivity contribution in [1.29, 1.82) is 0 Å². The lowest BCUT2D eigenvalue weighted by molar-refractivity contribution is -0.141. The molecule has 4 rings (SSSR count). The van der Waals surface area contributed by atoms with E-state index in [-0.39, 0.29) is 33.6 Å². The topological polar surface area (TPSA) is 81.8 Å². The Hall–Kier alpha value is -3.28. The lowest BCUT2D eigenvalue weighted by Gasteiger charge is -2.09. The van der Waals surface area contributed by atoms with E-state index in [1.54, 1.807) is 0 Å². The molecule has 0 bridgehead atoms. The Morgan fingerprint density at radius 3 is 2.48 bits per heavy atom. The summed E-state index contributed by atoms with van der Waals surface area (Å²) in [4.78, 5) is 28.0. The first kappa shape index (κ1) is 22.9. The number of carbonyl (C=O) groups is 2. The highest BCUT2D eigenvalue weighted by atomic mass is 35.5. The second-order valence-electron chi connectivity index (χ2n) is 7.58. The van der Waals surface area contributed by atoms with E-state index in [2.05, 4.69) is 15.4 Å². The van der Waals surface area contributed by atoms with Gasteiger partial charge in [0.15, 0.2) is 17.3 Å². The minimum absolute atomic E-state index is 0.111. The molecule has 1 aliphatic carbocycles. The average molecular weight is 488 g/mol. The van der Waals surface area contributed by atoms with Gasteiger partial charge < -0.3 is 9.88 Å². The summed E-state index contributed by atoms with van der Waals surface area (Å²) < 4.78 is 69.0. The van der Waals surface area contributed by atoms with Crippen molar-refractivity contribution in [1.82, 2.24) is 19.3 Å². The Morgan fingerprint density at radius 1 is 1.27 bits per heavy atom. The van der Waals surface area contributed by atoms with Crippen LogP contribution in [0.15, 0.2) is 30.6 Å². The first-order chi connectivity index (χ1) is 15.3. The van der Waals surface area contributed by atoms with Gasteiger partial charge in [-0.05, 0) is 25.1 Å². The molecular weight excluding hydrogens is 473 g/mol. The zero-order valence-electron chi connectivity index (χ0n) is 17.0. The van der Waals surface area contributed by atoms with Gasteiger partial charge >= 0.3 is 6.18 Å². The van der Waals surface area contributed by atoms with Crippen LogP contribution in [0.2, 0.25) is 5.02 Å². The van der Waals surface area contributed by atoms with Crippen molar-refractivity contribution >= 4 is 29.0 Å². The average Bonchev–Trinajstić information content (AvgIpc) is 3.04. The summed E-state index contributed by atoms with van der Waals surface area (Å²) >= 11 is 6.02. The van der Waals surface area contributed by atoms with E-state index in [0.29, 0.717) is 4.68 Å². The number of amides is 1. The summed E-state index contributed by atoms with van der Waals surface area (Å²) in [6.07, 6.45) is -3.60. The van der Waals surface area contributed by atoms with Gasteiger partial charge in [-0.3, -0.25) is 14.3 Å². The predicted octanol–water partition coefficient (Wildman–Crippen LogP) is 4.99. The molecule has 1 aliphatic rings. The largest absolute Gasteiger partial charge is 0.435 e. The van der Waals surface area contributed by atoms with Crippen molar-refractivity contribution in [2.45, 2.75) is 31.5 Å². The molecule has 3 aromatic rings. The van der Waals surface area contributed by atoms with Crippen LogP contribution in [0.25, 0.3) is 11.3 Å². The van der Waals surface area contributed by atoms with Gasteiger partial charge in [0.25, 0.3) is 11.8 Å². The molecule has 1 aromatic carbocycles. The summed E-state index contributed by atoms with van der Waals surface area (Å²) in [5.74, 6) is -4.39. The second kappa shape index (κ2) is 7.65. The Kier molecular flexibility index (Phi) is 5.31. The number of imidazole rings is 1. The number of ketones is 1. The van der Waals surface area contributed by atoms with Crippen LogP contribution in [0.5, 0.6) is 0 Å². The Morgan fingerprint density at radius 2 is 1.94 bits per heavy atom. The monoisotopic (exact) mass is 487 g/mol. The van der Waals surface area contributed by atoms with Gasteiger partial charge in [-0.15, -0.1) is 0 Å². The fourth-order valence-electron chi connectivity index (χ4n) is 3.37. The number of hydrogen-bond acceptors (Lipinski definition) is 4. The van der Waals surface area contributed by atoms with Crippen molar-refractivity contribution in [3.8, 4) is 11.3 Å². The number of halogens is 6. The van der Waals surface area contributed by atoms with Crippen LogP contribution < -0.4 is 5.32 Å².